The first kappa shape index (κ1) is 46.1. The molecule has 2 aromatic rings. The number of carbonyl (C=O) groups excluding carboxylic acids is 4. The van der Waals surface area contributed by atoms with Crippen LogP contribution in [0.4, 0.5) is 5.69 Å². The minimum Gasteiger partial charge on any atom is -0.480 e. The molecular weight excluding hydrogens is 713 g/mol. The Hall–Kier alpha value is -4.29. The molecule has 1 aliphatic heterocycles. The third kappa shape index (κ3) is 12.4. The van der Waals surface area contributed by atoms with Crippen molar-refractivity contribution in [3.05, 3.63) is 65.7 Å². The van der Waals surface area contributed by atoms with Crippen molar-refractivity contribution in [1.82, 2.24) is 15.1 Å². The number of hydrogen-bond acceptors (Lipinski definition) is 8. The van der Waals surface area contributed by atoms with Crippen LogP contribution in [0.5, 0.6) is 0 Å². The van der Waals surface area contributed by atoms with Gasteiger partial charge in [0.05, 0.1) is 36.6 Å². The van der Waals surface area contributed by atoms with Gasteiger partial charge in [0.25, 0.3) is 0 Å². The van der Waals surface area contributed by atoms with Gasteiger partial charge in [-0.1, -0.05) is 71.4 Å². The molecule has 0 spiro atoms. The smallest absolute Gasteiger partial charge is 0.326 e. The first-order valence-corrected chi connectivity index (χ1v) is 20.1. The van der Waals surface area contributed by atoms with E-state index in [0.717, 1.165) is 17.7 Å². The number of benzene rings is 2. The molecule has 3 N–H and O–H groups in total. The number of nitrogens with one attached hydrogen (secondary N) is 2. The van der Waals surface area contributed by atoms with Crippen LogP contribution in [-0.4, -0.2) is 109 Å². The van der Waals surface area contributed by atoms with Crippen LogP contribution in [0.2, 0.25) is 0 Å². The van der Waals surface area contributed by atoms with E-state index in [-0.39, 0.29) is 54.7 Å². The molecule has 8 atom stereocenters. The Labute approximate surface area is 334 Å². The van der Waals surface area contributed by atoms with Crippen molar-refractivity contribution in [3.8, 4) is 0 Å². The molecule has 56 heavy (non-hydrogen) atoms. The number of ether oxygens (including phenoxy) is 2. The van der Waals surface area contributed by atoms with Crippen molar-refractivity contribution >= 4 is 35.2 Å². The molecule has 3 amide bonds. The molecule has 2 aromatic carbocycles. The van der Waals surface area contributed by atoms with E-state index < -0.39 is 54.0 Å². The number of carbonyl (C=O) groups is 5. The fourth-order valence-corrected chi connectivity index (χ4v) is 7.93. The summed E-state index contributed by atoms with van der Waals surface area (Å²) < 4.78 is 11.9. The minimum absolute atomic E-state index is 0.00314. The molecular formula is C44H66N4O8. The maximum absolute atomic E-state index is 14.3. The zero-order valence-electron chi connectivity index (χ0n) is 35.1. The zero-order chi connectivity index (χ0) is 41.7. The number of hydrogen-bond donors (Lipinski definition) is 3. The number of nitrogens with zero attached hydrogens (tertiary/aromatic N) is 2. The molecule has 1 saturated heterocycles. The van der Waals surface area contributed by atoms with Gasteiger partial charge in [-0.05, 0) is 68.4 Å². The standard InChI is InChI=1S/C44H66N4O8/c1-11-29(6)40(47(8)43(52)34(27(2)3)25-37(49)32-19-21-33(22-20-32)45-28(4)5)38(55-9)26-39(50)48-23-15-18-36(48)41(56-10)30(7)42(51)46-35(44(53)54)24-31-16-13-12-14-17-31/h12-14,16-17,19-22,27-30,34-36,38,40-41,45H,11,15,18,23-26H2,1-10H3,(H,46,51)(H,53,54)/t29-,30+,34?,35-,36-,38+,40-,41+/m0/s1. The molecule has 0 aromatic heterocycles. The summed E-state index contributed by atoms with van der Waals surface area (Å²) in [5.74, 6) is -3.54. The van der Waals surface area contributed by atoms with Gasteiger partial charge in [0.15, 0.2) is 5.78 Å². The number of Topliss-reactive ketones (excluding diaryl/α,β-unsaturated/α-hetero) is 1. The van der Waals surface area contributed by atoms with Crippen LogP contribution in [0.25, 0.3) is 0 Å². The van der Waals surface area contributed by atoms with Crippen LogP contribution in [0.1, 0.15) is 96.5 Å². The zero-order valence-corrected chi connectivity index (χ0v) is 35.1. The largest absolute Gasteiger partial charge is 0.480 e. The van der Waals surface area contributed by atoms with Gasteiger partial charge in [-0.2, -0.15) is 0 Å². The maximum Gasteiger partial charge on any atom is 0.326 e. The van der Waals surface area contributed by atoms with E-state index in [1.54, 1.807) is 43.0 Å². The molecule has 0 bridgehead atoms. The predicted molar refractivity (Wildman–Crippen MR) is 218 cm³/mol. The Bertz CT molecular complexity index is 1580. The molecule has 0 saturated carbocycles. The van der Waals surface area contributed by atoms with Gasteiger partial charge in [0.1, 0.15) is 6.04 Å². The molecule has 1 heterocycles. The van der Waals surface area contributed by atoms with Crippen molar-refractivity contribution < 1.29 is 38.6 Å². The van der Waals surface area contributed by atoms with E-state index >= 15 is 0 Å². The Balaban J connectivity index is 1.76. The third-order valence-electron chi connectivity index (χ3n) is 11.3. The Morgan fingerprint density at radius 2 is 1.55 bits per heavy atom. The fraction of sp³-hybridized carbons (Fsp3) is 0.614. The monoisotopic (exact) mass is 778 g/mol. The second-order valence-corrected chi connectivity index (χ2v) is 16.0. The van der Waals surface area contributed by atoms with Crippen LogP contribution in [0.3, 0.4) is 0 Å². The summed E-state index contributed by atoms with van der Waals surface area (Å²) in [7, 11) is 4.79. The number of carboxylic acids is 1. The van der Waals surface area contributed by atoms with E-state index in [1.807, 2.05) is 84.0 Å². The highest BCUT2D eigenvalue weighted by molar-refractivity contribution is 5.99. The molecule has 1 unspecified atom stereocenters. The number of methoxy groups -OCH3 is 2. The average molecular weight is 779 g/mol. The summed E-state index contributed by atoms with van der Waals surface area (Å²) in [5, 5.41) is 15.9. The van der Waals surface area contributed by atoms with E-state index in [4.69, 9.17) is 9.47 Å². The minimum atomic E-state index is -1.14. The number of rotatable bonds is 22. The predicted octanol–water partition coefficient (Wildman–Crippen LogP) is 6.08. The van der Waals surface area contributed by atoms with Crippen molar-refractivity contribution in [3.63, 3.8) is 0 Å². The summed E-state index contributed by atoms with van der Waals surface area (Å²) in [5.41, 5.74) is 2.26. The second-order valence-electron chi connectivity index (χ2n) is 16.0. The molecule has 1 fully saturated rings. The highest BCUT2D eigenvalue weighted by atomic mass is 16.5. The van der Waals surface area contributed by atoms with Gasteiger partial charge in [-0.25, -0.2) is 4.79 Å². The number of amides is 3. The SMILES string of the molecule is CC[C@H](C)[C@@H]([C@@H](CC(=O)N1CCC[C@H]1[C@H](OC)[C@@H](C)C(=O)N[C@@H](Cc1ccccc1)C(=O)O)OC)N(C)C(=O)C(CC(=O)c1ccc(NC(C)C)cc1)C(C)C. The van der Waals surface area contributed by atoms with Crippen LogP contribution < -0.4 is 10.6 Å². The van der Waals surface area contributed by atoms with Gasteiger partial charge in [-0.3, -0.25) is 19.2 Å². The van der Waals surface area contributed by atoms with Crippen molar-refractivity contribution in [2.75, 3.05) is 33.1 Å². The number of carboxylic acid groups (broad SMARTS) is 1. The van der Waals surface area contributed by atoms with Gasteiger partial charge < -0.3 is 35.0 Å². The number of anilines is 1. The summed E-state index contributed by atoms with van der Waals surface area (Å²) in [4.78, 5) is 71.0. The number of likely N-dealkylation sites (N-methyl/N-ethyl adjacent to an activating group) is 1. The third-order valence-corrected chi connectivity index (χ3v) is 11.3. The van der Waals surface area contributed by atoms with E-state index in [2.05, 4.69) is 10.6 Å². The molecule has 12 nitrogen and oxygen atoms in total. The van der Waals surface area contributed by atoms with Gasteiger partial charge in [0, 0.05) is 63.9 Å². The van der Waals surface area contributed by atoms with Crippen molar-refractivity contribution in [2.24, 2.45) is 23.7 Å². The van der Waals surface area contributed by atoms with Crippen LogP contribution in [0.15, 0.2) is 54.6 Å². The molecule has 310 valence electrons. The topological polar surface area (TPSA) is 155 Å². The molecule has 0 aliphatic carbocycles. The summed E-state index contributed by atoms with van der Waals surface area (Å²) in [6.45, 7) is 14.2. The van der Waals surface area contributed by atoms with E-state index in [1.165, 1.54) is 7.11 Å². The quantitative estimate of drug-likeness (QED) is 0.121. The lowest BCUT2D eigenvalue weighted by atomic mass is 9.85. The summed E-state index contributed by atoms with van der Waals surface area (Å²) in [6.07, 6.45) is 0.902. The number of likely N-dealkylation sites (tertiary alicyclic amines) is 1. The van der Waals surface area contributed by atoms with E-state index in [0.29, 0.717) is 24.9 Å². The highest BCUT2D eigenvalue weighted by Crippen LogP contribution is 2.31. The van der Waals surface area contributed by atoms with Crippen molar-refractivity contribution in [2.45, 2.75) is 123 Å². The van der Waals surface area contributed by atoms with Gasteiger partial charge >= 0.3 is 5.97 Å². The maximum atomic E-state index is 14.3. The van der Waals surface area contributed by atoms with Crippen LogP contribution >= 0.6 is 0 Å². The Kier molecular flexibility index (Phi) is 18.0. The Morgan fingerprint density at radius 1 is 0.911 bits per heavy atom. The van der Waals surface area contributed by atoms with Crippen LogP contribution in [0, 0.1) is 23.7 Å². The lowest BCUT2D eigenvalue weighted by Gasteiger charge is -2.40. The molecule has 1 aliphatic rings. The Morgan fingerprint density at radius 3 is 2.09 bits per heavy atom. The van der Waals surface area contributed by atoms with Gasteiger partial charge in [-0.15, -0.1) is 0 Å². The lowest BCUT2D eigenvalue weighted by Crippen LogP contribution is -2.54. The first-order valence-electron chi connectivity index (χ1n) is 20.1. The number of ketones is 1. The summed E-state index contributed by atoms with van der Waals surface area (Å²) in [6, 6.07) is 14.7. The molecule has 3 rings (SSSR count). The summed E-state index contributed by atoms with van der Waals surface area (Å²) >= 11 is 0. The average Bonchev–Trinajstić information content (AvgIpc) is 3.66. The lowest BCUT2D eigenvalue weighted by molar-refractivity contribution is -0.148. The highest BCUT2D eigenvalue weighted by Gasteiger charge is 2.43. The fourth-order valence-electron chi connectivity index (χ4n) is 7.93. The molecule has 12 heteroatoms. The van der Waals surface area contributed by atoms with Gasteiger partial charge in [0.2, 0.25) is 17.7 Å². The number of aliphatic carboxylic acids is 1. The van der Waals surface area contributed by atoms with E-state index in [9.17, 15) is 29.1 Å². The second kappa shape index (κ2) is 21.9. The molecule has 0 radical (unpaired) electrons. The normalized spacial score (nSPS) is 18.1. The van der Waals surface area contributed by atoms with Crippen LogP contribution in [-0.2, 0) is 35.1 Å². The van der Waals surface area contributed by atoms with Crippen molar-refractivity contribution in [1.29, 1.82) is 0 Å². The first-order chi connectivity index (χ1) is 26.5.